The van der Waals surface area contributed by atoms with E-state index in [1.54, 1.807) is 0 Å². The molecule has 0 spiro atoms. The van der Waals surface area contributed by atoms with Gasteiger partial charge in [-0.1, -0.05) is 38.1 Å². The number of hydrogen-bond acceptors (Lipinski definition) is 2. The first-order valence-electron chi connectivity index (χ1n) is 7.54. The summed E-state index contributed by atoms with van der Waals surface area (Å²) in [5, 5.41) is 3.48. The summed E-state index contributed by atoms with van der Waals surface area (Å²) in [6, 6.07) is 9.15. The lowest BCUT2D eigenvalue weighted by atomic mass is 9.98. The number of rotatable bonds is 4. The van der Waals surface area contributed by atoms with Crippen molar-refractivity contribution < 1.29 is 0 Å². The summed E-state index contributed by atoms with van der Waals surface area (Å²) >= 11 is 0. The van der Waals surface area contributed by atoms with E-state index < -0.39 is 0 Å². The molecule has 0 aromatic heterocycles. The molecule has 0 unspecified atom stereocenters. The predicted molar refractivity (Wildman–Crippen MR) is 82.8 cm³/mol. The third-order valence-electron chi connectivity index (χ3n) is 4.29. The van der Waals surface area contributed by atoms with Crippen LogP contribution in [0.2, 0.25) is 0 Å². The standard InChI is InChI=1S/C17H28N2/c1-14(2)16-7-5-15(6-8-16)9-11-19-12-10-18-13-17(19,3)4/h5-8,14,18H,9-13H2,1-4H3. The first kappa shape index (κ1) is 14.5. The van der Waals surface area contributed by atoms with Crippen molar-refractivity contribution in [3.05, 3.63) is 35.4 Å². The lowest BCUT2D eigenvalue weighted by molar-refractivity contribution is 0.0921. The van der Waals surface area contributed by atoms with E-state index in [0.717, 1.165) is 32.6 Å². The van der Waals surface area contributed by atoms with E-state index in [1.807, 2.05) is 0 Å². The van der Waals surface area contributed by atoms with Gasteiger partial charge >= 0.3 is 0 Å². The van der Waals surface area contributed by atoms with Crippen molar-refractivity contribution in [3.8, 4) is 0 Å². The quantitative estimate of drug-likeness (QED) is 0.895. The predicted octanol–water partition coefficient (Wildman–Crippen LogP) is 3.04. The average Bonchev–Trinajstić information content (AvgIpc) is 2.37. The fourth-order valence-corrected chi connectivity index (χ4v) is 2.77. The number of benzene rings is 1. The summed E-state index contributed by atoms with van der Waals surface area (Å²) in [5.41, 5.74) is 3.18. The van der Waals surface area contributed by atoms with Gasteiger partial charge in [-0.3, -0.25) is 4.90 Å². The van der Waals surface area contributed by atoms with Gasteiger partial charge < -0.3 is 5.32 Å². The molecule has 1 fully saturated rings. The lowest BCUT2D eigenvalue weighted by Crippen LogP contribution is -2.58. The van der Waals surface area contributed by atoms with Crippen molar-refractivity contribution in [1.29, 1.82) is 0 Å². The molecule has 0 atom stereocenters. The maximum absolute atomic E-state index is 3.48. The number of piperazine rings is 1. The van der Waals surface area contributed by atoms with Crippen LogP contribution in [0.15, 0.2) is 24.3 Å². The van der Waals surface area contributed by atoms with Gasteiger partial charge in [-0.05, 0) is 37.3 Å². The molecular weight excluding hydrogens is 232 g/mol. The van der Waals surface area contributed by atoms with Crippen LogP contribution in [0.3, 0.4) is 0 Å². The van der Waals surface area contributed by atoms with Crippen molar-refractivity contribution >= 4 is 0 Å². The maximum Gasteiger partial charge on any atom is 0.0278 e. The third kappa shape index (κ3) is 3.80. The summed E-state index contributed by atoms with van der Waals surface area (Å²) < 4.78 is 0. The van der Waals surface area contributed by atoms with Crippen molar-refractivity contribution in [2.45, 2.75) is 45.6 Å². The van der Waals surface area contributed by atoms with Crippen LogP contribution < -0.4 is 5.32 Å². The molecule has 19 heavy (non-hydrogen) atoms. The summed E-state index contributed by atoms with van der Waals surface area (Å²) in [6.45, 7) is 13.7. The maximum atomic E-state index is 3.48. The molecule has 106 valence electrons. The molecule has 0 amide bonds. The van der Waals surface area contributed by atoms with Gasteiger partial charge in [0.05, 0.1) is 0 Å². The van der Waals surface area contributed by atoms with Crippen LogP contribution in [-0.4, -0.2) is 36.6 Å². The first-order valence-corrected chi connectivity index (χ1v) is 7.54. The van der Waals surface area contributed by atoms with Crippen LogP contribution >= 0.6 is 0 Å². The van der Waals surface area contributed by atoms with Crippen LogP contribution in [0.1, 0.15) is 44.7 Å². The largest absolute Gasteiger partial charge is 0.314 e. The summed E-state index contributed by atoms with van der Waals surface area (Å²) in [7, 11) is 0. The molecule has 0 radical (unpaired) electrons. The van der Waals surface area contributed by atoms with Crippen molar-refractivity contribution in [1.82, 2.24) is 10.2 Å². The molecule has 1 N–H and O–H groups in total. The Kier molecular flexibility index (Phi) is 4.64. The van der Waals surface area contributed by atoms with E-state index in [4.69, 9.17) is 0 Å². The van der Waals surface area contributed by atoms with Crippen molar-refractivity contribution in [2.24, 2.45) is 0 Å². The fourth-order valence-electron chi connectivity index (χ4n) is 2.77. The molecule has 2 heteroatoms. The van der Waals surface area contributed by atoms with Gasteiger partial charge in [0, 0.05) is 31.7 Å². The molecule has 0 saturated carbocycles. The van der Waals surface area contributed by atoms with Gasteiger partial charge in [0.25, 0.3) is 0 Å². The topological polar surface area (TPSA) is 15.3 Å². The molecule has 1 aliphatic rings. The zero-order valence-corrected chi connectivity index (χ0v) is 12.9. The lowest BCUT2D eigenvalue weighted by Gasteiger charge is -2.43. The minimum atomic E-state index is 0.288. The van der Waals surface area contributed by atoms with E-state index in [9.17, 15) is 0 Å². The average molecular weight is 260 g/mol. The molecule has 1 aliphatic heterocycles. The third-order valence-corrected chi connectivity index (χ3v) is 4.29. The highest BCUT2D eigenvalue weighted by Gasteiger charge is 2.28. The smallest absolute Gasteiger partial charge is 0.0278 e. The minimum Gasteiger partial charge on any atom is -0.314 e. The second kappa shape index (κ2) is 6.06. The van der Waals surface area contributed by atoms with Gasteiger partial charge in [-0.25, -0.2) is 0 Å². The summed E-state index contributed by atoms with van der Waals surface area (Å²) in [4.78, 5) is 2.61. The monoisotopic (exact) mass is 260 g/mol. The molecule has 1 saturated heterocycles. The number of nitrogens with zero attached hydrogens (tertiary/aromatic N) is 1. The van der Waals surface area contributed by atoms with Crippen molar-refractivity contribution in [2.75, 3.05) is 26.2 Å². The zero-order chi connectivity index (χ0) is 13.9. The van der Waals surface area contributed by atoms with Gasteiger partial charge in [-0.2, -0.15) is 0 Å². The van der Waals surface area contributed by atoms with E-state index >= 15 is 0 Å². The zero-order valence-electron chi connectivity index (χ0n) is 12.9. The van der Waals surface area contributed by atoms with Crippen molar-refractivity contribution in [3.63, 3.8) is 0 Å². The number of nitrogens with one attached hydrogen (secondary N) is 1. The van der Waals surface area contributed by atoms with Crippen LogP contribution in [0.25, 0.3) is 0 Å². The van der Waals surface area contributed by atoms with E-state index in [-0.39, 0.29) is 5.54 Å². The molecule has 1 heterocycles. The minimum absolute atomic E-state index is 0.288. The Morgan fingerprint density at radius 1 is 1.21 bits per heavy atom. The van der Waals surface area contributed by atoms with E-state index in [1.165, 1.54) is 11.1 Å². The summed E-state index contributed by atoms with van der Waals surface area (Å²) in [6.07, 6.45) is 1.15. The molecule has 2 nitrogen and oxygen atoms in total. The Morgan fingerprint density at radius 3 is 2.47 bits per heavy atom. The van der Waals surface area contributed by atoms with Crippen LogP contribution in [-0.2, 0) is 6.42 Å². The Balaban J connectivity index is 1.91. The SMILES string of the molecule is CC(C)c1ccc(CCN2CCNCC2(C)C)cc1. The van der Waals surface area contributed by atoms with Gasteiger partial charge in [0.1, 0.15) is 0 Å². The number of hydrogen-bond donors (Lipinski definition) is 1. The van der Waals surface area contributed by atoms with Crippen LogP contribution in [0.5, 0.6) is 0 Å². The van der Waals surface area contributed by atoms with E-state index in [2.05, 4.69) is 62.2 Å². The Morgan fingerprint density at radius 2 is 1.89 bits per heavy atom. The highest BCUT2D eigenvalue weighted by atomic mass is 15.2. The molecule has 1 aromatic rings. The Bertz CT molecular complexity index is 392. The normalized spacial score (nSPS) is 19.8. The van der Waals surface area contributed by atoms with Crippen LogP contribution in [0, 0.1) is 0 Å². The van der Waals surface area contributed by atoms with E-state index in [0.29, 0.717) is 5.92 Å². The molecule has 0 bridgehead atoms. The molecule has 0 aliphatic carbocycles. The summed E-state index contributed by atoms with van der Waals surface area (Å²) in [5.74, 6) is 0.626. The van der Waals surface area contributed by atoms with Gasteiger partial charge in [0.2, 0.25) is 0 Å². The van der Waals surface area contributed by atoms with Crippen LogP contribution in [0.4, 0.5) is 0 Å². The highest BCUT2D eigenvalue weighted by molar-refractivity contribution is 5.24. The molecular formula is C17H28N2. The van der Waals surface area contributed by atoms with Gasteiger partial charge in [-0.15, -0.1) is 0 Å². The van der Waals surface area contributed by atoms with Gasteiger partial charge in [0.15, 0.2) is 0 Å². The first-order chi connectivity index (χ1) is 8.99. The Hall–Kier alpha value is -0.860. The molecule has 1 aromatic carbocycles. The fraction of sp³-hybridized carbons (Fsp3) is 0.647. The highest BCUT2D eigenvalue weighted by Crippen LogP contribution is 2.18. The second-order valence-corrected chi connectivity index (χ2v) is 6.62. The Labute approximate surface area is 118 Å². The second-order valence-electron chi connectivity index (χ2n) is 6.62. The molecule has 2 rings (SSSR count).